The zero-order valence-corrected chi connectivity index (χ0v) is 13.6. The molecule has 0 aromatic heterocycles. The average Bonchev–Trinajstić information content (AvgIpc) is 3.12. The lowest BCUT2D eigenvalue weighted by Crippen LogP contribution is -2.39. The molecule has 2 N–H and O–H groups in total. The first kappa shape index (κ1) is 14.5. The second kappa shape index (κ2) is 5.20. The van der Waals surface area contributed by atoms with Crippen LogP contribution in [0.2, 0.25) is 0 Å². The van der Waals surface area contributed by atoms with Crippen molar-refractivity contribution in [2.24, 2.45) is 0 Å². The van der Waals surface area contributed by atoms with Gasteiger partial charge in [-0.3, -0.25) is 4.79 Å². The van der Waals surface area contributed by atoms with Crippen molar-refractivity contribution in [2.75, 3.05) is 11.9 Å². The number of carbonyl (C=O) groups excluding carboxylic acids is 1. The maximum Gasteiger partial charge on any atom is 0.237 e. The van der Waals surface area contributed by atoms with Gasteiger partial charge in [-0.25, -0.2) is 0 Å². The molecule has 2 aromatic rings. The lowest BCUT2D eigenvalue weighted by Gasteiger charge is -2.29. The van der Waals surface area contributed by atoms with Crippen LogP contribution in [0.25, 0.3) is 0 Å². The first-order valence-electron chi connectivity index (χ1n) is 8.37. The van der Waals surface area contributed by atoms with Gasteiger partial charge in [0.15, 0.2) is 0 Å². The molecule has 0 aliphatic carbocycles. The Hall–Kier alpha value is -2.13. The highest BCUT2D eigenvalue weighted by atomic mass is 16.2. The van der Waals surface area contributed by atoms with Crippen molar-refractivity contribution >= 4 is 11.6 Å². The molecular formula is C20H22N2O. The third kappa shape index (κ3) is 2.03. The Labute approximate surface area is 137 Å². The van der Waals surface area contributed by atoms with Crippen LogP contribution < -0.4 is 10.6 Å². The molecule has 0 radical (unpaired) electrons. The number of carbonyl (C=O) groups is 1. The van der Waals surface area contributed by atoms with E-state index in [2.05, 4.69) is 54.8 Å². The Kier molecular flexibility index (Phi) is 3.27. The standard InChI is InChI=1S/C20H22N2O/c1-13(2)14-7-9-15(10-8-14)18-20(11-12-21-18)16-5-3-4-6-17(16)22-19(20)23/h3-10,13,18,21H,11-12H2,1-2H3,(H,22,23)/t18-,20+/m1/s1. The van der Waals surface area contributed by atoms with Gasteiger partial charge in [-0.05, 0) is 41.6 Å². The maximum absolute atomic E-state index is 12.9. The molecule has 1 fully saturated rings. The number of anilines is 1. The van der Waals surface area contributed by atoms with Gasteiger partial charge in [0.25, 0.3) is 0 Å². The fourth-order valence-corrected chi connectivity index (χ4v) is 4.08. The van der Waals surface area contributed by atoms with Crippen LogP contribution in [-0.2, 0) is 10.2 Å². The van der Waals surface area contributed by atoms with Gasteiger partial charge in [-0.1, -0.05) is 56.3 Å². The van der Waals surface area contributed by atoms with Gasteiger partial charge in [0.2, 0.25) is 5.91 Å². The van der Waals surface area contributed by atoms with Crippen molar-refractivity contribution in [3.8, 4) is 0 Å². The van der Waals surface area contributed by atoms with Gasteiger partial charge in [-0.2, -0.15) is 0 Å². The molecule has 2 atom stereocenters. The number of benzene rings is 2. The summed E-state index contributed by atoms with van der Waals surface area (Å²) in [7, 11) is 0. The minimum atomic E-state index is -0.476. The Bertz CT molecular complexity index is 750. The topological polar surface area (TPSA) is 41.1 Å². The number of rotatable bonds is 2. The molecule has 2 heterocycles. The van der Waals surface area contributed by atoms with E-state index in [9.17, 15) is 4.79 Å². The fourth-order valence-electron chi connectivity index (χ4n) is 4.08. The van der Waals surface area contributed by atoms with Crippen molar-refractivity contribution in [1.29, 1.82) is 0 Å². The highest BCUT2D eigenvalue weighted by molar-refractivity contribution is 6.07. The van der Waals surface area contributed by atoms with E-state index < -0.39 is 5.41 Å². The van der Waals surface area contributed by atoms with E-state index in [4.69, 9.17) is 0 Å². The molecule has 3 nitrogen and oxygen atoms in total. The lowest BCUT2D eigenvalue weighted by molar-refractivity contribution is -0.121. The summed E-state index contributed by atoms with van der Waals surface area (Å²) in [5, 5.41) is 6.65. The summed E-state index contributed by atoms with van der Waals surface area (Å²) in [4.78, 5) is 12.9. The van der Waals surface area contributed by atoms with Gasteiger partial charge in [0.1, 0.15) is 0 Å². The number of hydrogen-bond donors (Lipinski definition) is 2. The first-order valence-corrected chi connectivity index (χ1v) is 8.37. The second-order valence-electron chi connectivity index (χ2n) is 6.93. The molecule has 2 aromatic carbocycles. The number of hydrogen-bond acceptors (Lipinski definition) is 2. The third-order valence-electron chi connectivity index (χ3n) is 5.36. The van der Waals surface area contributed by atoms with Crippen LogP contribution >= 0.6 is 0 Å². The number of fused-ring (bicyclic) bond motifs is 2. The molecule has 3 heteroatoms. The molecule has 0 saturated carbocycles. The number of para-hydroxylation sites is 1. The summed E-state index contributed by atoms with van der Waals surface area (Å²) in [6.07, 6.45) is 0.840. The largest absolute Gasteiger partial charge is 0.325 e. The van der Waals surface area contributed by atoms with Gasteiger partial charge >= 0.3 is 0 Å². The Morgan fingerprint density at radius 2 is 1.83 bits per heavy atom. The average molecular weight is 306 g/mol. The third-order valence-corrected chi connectivity index (χ3v) is 5.36. The molecule has 0 bridgehead atoms. The molecule has 23 heavy (non-hydrogen) atoms. The summed E-state index contributed by atoms with van der Waals surface area (Å²) in [5.74, 6) is 0.645. The van der Waals surface area contributed by atoms with E-state index in [1.54, 1.807) is 0 Å². The molecule has 1 saturated heterocycles. The Morgan fingerprint density at radius 1 is 1.09 bits per heavy atom. The lowest BCUT2D eigenvalue weighted by atomic mass is 9.73. The summed E-state index contributed by atoms with van der Waals surface area (Å²) in [6, 6.07) is 16.9. The van der Waals surface area contributed by atoms with Crippen molar-refractivity contribution in [3.05, 3.63) is 65.2 Å². The molecule has 118 valence electrons. The smallest absolute Gasteiger partial charge is 0.237 e. The summed E-state index contributed by atoms with van der Waals surface area (Å²) < 4.78 is 0. The van der Waals surface area contributed by atoms with Crippen molar-refractivity contribution in [1.82, 2.24) is 5.32 Å². The van der Waals surface area contributed by atoms with E-state index in [1.165, 1.54) is 11.1 Å². The van der Waals surface area contributed by atoms with Crippen LogP contribution in [0, 0.1) is 0 Å². The Balaban J connectivity index is 1.79. The molecule has 0 unspecified atom stereocenters. The Morgan fingerprint density at radius 3 is 2.57 bits per heavy atom. The molecule has 4 rings (SSSR count). The zero-order chi connectivity index (χ0) is 16.0. The van der Waals surface area contributed by atoms with E-state index in [-0.39, 0.29) is 11.9 Å². The van der Waals surface area contributed by atoms with Crippen LogP contribution in [-0.4, -0.2) is 12.5 Å². The first-order chi connectivity index (χ1) is 11.1. The van der Waals surface area contributed by atoms with E-state index >= 15 is 0 Å². The van der Waals surface area contributed by atoms with E-state index in [1.807, 2.05) is 18.2 Å². The predicted molar refractivity (Wildman–Crippen MR) is 92.6 cm³/mol. The molecule has 2 aliphatic heterocycles. The van der Waals surface area contributed by atoms with E-state index in [0.29, 0.717) is 5.92 Å². The summed E-state index contributed by atoms with van der Waals surface area (Å²) >= 11 is 0. The van der Waals surface area contributed by atoms with Gasteiger partial charge in [-0.15, -0.1) is 0 Å². The van der Waals surface area contributed by atoms with Crippen LogP contribution in [0.15, 0.2) is 48.5 Å². The minimum Gasteiger partial charge on any atom is -0.325 e. The van der Waals surface area contributed by atoms with Crippen LogP contribution in [0.5, 0.6) is 0 Å². The van der Waals surface area contributed by atoms with Crippen LogP contribution in [0.3, 0.4) is 0 Å². The second-order valence-corrected chi connectivity index (χ2v) is 6.93. The fraction of sp³-hybridized carbons (Fsp3) is 0.350. The molecule has 1 amide bonds. The van der Waals surface area contributed by atoms with Crippen LogP contribution in [0.4, 0.5) is 5.69 Å². The monoisotopic (exact) mass is 306 g/mol. The van der Waals surface area contributed by atoms with Crippen molar-refractivity contribution < 1.29 is 4.79 Å². The molecule has 2 aliphatic rings. The van der Waals surface area contributed by atoms with E-state index in [0.717, 1.165) is 24.2 Å². The van der Waals surface area contributed by atoms with Gasteiger partial charge in [0.05, 0.1) is 11.5 Å². The maximum atomic E-state index is 12.9. The highest BCUT2D eigenvalue weighted by Gasteiger charge is 2.55. The quantitative estimate of drug-likeness (QED) is 0.887. The SMILES string of the molecule is CC(C)c1ccc([C@H]2NCC[C@@]23C(=O)Nc2ccccc23)cc1. The predicted octanol–water partition coefficient (Wildman–Crippen LogP) is 3.73. The van der Waals surface area contributed by atoms with Gasteiger partial charge in [0, 0.05) is 5.69 Å². The zero-order valence-electron chi connectivity index (χ0n) is 13.6. The normalized spacial score (nSPS) is 25.9. The van der Waals surface area contributed by atoms with Crippen LogP contribution in [0.1, 0.15) is 48.9 Å². The highest BCUT2D eigenvalue weighted by Crippen LogP contribution is 2.50. The molecular weight excluding hydrogens is 284 g/mol. The molecule has 1 spiro atoms. The number of nitrogens with one attached hydrogen (secondary N) is 2. The summed E-state index contributed by atoms with van der Waals surface area (Å²) in [6.45, 7) is 5.26. The van der Waals surface area contributed by atoms with Gasteiger partial charge < -0.3 is 10.6 Å². The van der Waals surface area contributed by atoms with Crippen molar-refractivity contribution in [2.45, 2.75) is 37.6 Å². The minimum absolute atomic E-state index is 0.0346. The summed E-state index contributed by atoms with van der Waals surface area (Å²) in [5.41, 5.74) is 4.14. The van der Waals surface area contributed by atoms with Crippen molar-refractivity contribution in [3.63, 3.8) is 0 Å². The number of amides is 1.